The molecule has 1 N–H and O–H groups in total. The van der Waals surface area contributed by atoms with Crippen molar-refractivity contribution >= 4 is 5.82 Å². The van der Waals surface area contributed by atoms with Crippen molar-refractivity contribution in [1.29, 1.82) is 0 Å². The van der Waals surface area contributed by atoms with Gasteiger partial charge >= 0.3 is 6.18 Å². The average Bonchev–Trinajstić information content (AvgIpc) is 3.20. The van der Waals surface area contributed by atoms with Crippen molar-refractivity contribution in [2.24, 2.45) is 0 Å². The molecule has 1 aliphatic rings. The van der Waals surface area contributed by atoms with E-state index in [1.807, 2.05) is 0 Å². The summed E-state index contributed by atoms with van der Waals surface area (Å²) in [7, 11) is 0. The van der Waals surface area contributed by atoms with Crippen LogP contribution in [-0.4, -0.2) is 35.5 Å². The quantitative estimate of drug-likeness (QED) is 0.783. The maximum absolute atomic E-state index is 12.6. The SMILES string of the molecule is CCCNCc1ccc(N(CC(F)(F)F)C2CC2)nn1. The Bertz CT molecular complexity index is 415. The minimum Gasteiger partial charge on any atom is -0.343 e. The Morgan fingerprint density at radius 2 is 2.05 bits per heavy atom. The number of halogens is 3. The van der Waals surface area contributed by atoms with Crippen LogP contribution in [0.15, 0.2) is 12.1 Å². The molecule has 1 saturated carbocycles. The van der Waals surface area contributed by atoms with Crippen LogP contribution in [0.4, 0.5) is 19.0 Å². The van der Waals surface area contributed by atoms with Gasteiger partial charge in [0, 0.05) is 12.6 Å². The Labute approximate surface area is 116 Å². The van der Waals surface area contributed by atoms with Crippen molar-refractivity contribution in [3.63, 3.8) is 0 Å². The Morgan fingerprint density at radius 3 is 2.55 bits per heavy atom. The summed E-state index contributed by atoms with van der Waals surface area (Å²) in [6.45, 7) is 2.57. The maximum Gasteiger partial charge on any atom is 0.405 e. The zero-order valence-electron chi connectivity index (χ0n) is 11.5. The van der Waals surface area contributed by atoms with Crippen LogP contribution >= 0.6 is 0 Å². The molecular weight excluding hydrogens is 269 g/mol. The summed E-state index contributed by atoms with van der Waals surface area (Å²) in [5, 5.41) is 11.1. The van der Waals surface area contributed by atoms with Crippen molar-refractivity contribution in [1.82, 2.24) is 15.5 Å². The van der Waals surface area contributed by atoms with E-state index in [1.165, 1.54) is 4.90 Å². The van der Waals surface area contributed by atoms with Gasteiger partial charge in [-0.2, -0.15) is 18.3 Å². The first-order valence-corrected chi connectivity index (χ1v) is 6.86. The highest BCUT2D eigenvalue weighted by molar-refractivity contribution is 5.40. The smallest absolute Gasteiger partial charge is 0.343 e. The molecule has 1 aromatic heterocycles. The lowest BCUT2D eigenvalue weighted by molar-refractivity contribution is -0.120. The summed E-state index contributed by atoms with van der Waals surface area (Å²) in [5.74, 6) is 0.309. The first-order chi connectivity index (χ1) is 9.49. The van der Waals surface area contributed by atoms with Gasteiger partial charge < -0.3 is 10.2 Å². The minimum atomic E-state index is -4.22. The van der Waals surface area contributed by atoms with Gasteiger partial charge in [0.25, 0.3) is 0 Å². The van der Waals surface area contributed by atoms with Crippen molar-refractivity contribution < 1.29 is 13.2 Å². The molecule has 1 aromatic rings. The molecule has 1 heterocycles. The predicted octanol–water partition coefficient (Wildman–Crippen LogP) is 2.51. The number of nitrogens with one attached hydrogen (secondary N) is 1. The van der Waals surface area contributed by atoms with Gasteiger partial charge in [0.1, 0.15) is 6.54 Å². The third kappa shape index (κ3) is 4.63. The fraction of sp³-hybridized carbons (Fsp3) is 0.692. The van der Waals surface area contributed by atoms with Crippen LogP contribution < -0.4 is 10.2 Å². The van der Waals surface area contributed by atoms with E-state index in [4.69, 9.17) is 0 Å². The van der Waals surface area contributed by atoms with E-state index in [1.54, 1.807) is 12.1 Å². The summed E-state index contributed by atoms with van der Waals surface area (Å²) in [6, 6.07) is 3.31. The largest absolute Gasteiger partial charge is 0.405 e. The molecule has 20 heavy (non-hydrogen) atoms. The van der Waals surface area contributed by atoms with Crippen LogP contribution in [0, 0.1) is 0 Å². The molecule has 0 atom stereocenters. The summed E-state index contributed by atoms with van der Waals surface area (Å²) < 4.78 is 37.7. The van der Waals surface area contributed by atoms with Gasteiger partial charge in [0.15, 0.2) is 5.82 Å². The van der Waals surface area contributed by atoms with Gasteiger partial charge in [-0.3, -0.25) is 0 Å². The van der Waals surface area contributed by atoms with Crippen LogP contribution in [0.2, 0.25) is 0 Å². The van der Waals surface area contributed by atoms with Gasteiger partial charge in [-0.1, -0.05) is 6.92 Å². The van der Waals surface area contributed by atoms with Gasteiger partial charge in [-0.05, 0) is 37.9 Å². The van der Waals surface area contributed by atoms with Gasteiger partial charge in [0.05, 0.1) is 5.69 Å². The Hall–Kier alpha value is -1.37. The fourth-order valence-corrected chi connectivity index (χ4v) is 1.97. The van der Waals surface area contributed by atoms with E-state index in [0.29, 0.717) is 12.4 Å². The maximum atomic E-state index is 12.6. The Balaban J connectivity index is 1.99. The first kappa shape index (κ1) is 15.0. The standard InChI is InChI=1S/C13H19F3N4/c1-2-7-17-8-10-3-6-12(19-18-10)20(11-4-5-11)9-13(14,15)16/h3,6,11,17H,2,4-5,7-9H2,1H3. The number of anilines is 1. The average molecular weight is 288 g/mol. The predicted molar refractivity (Wildman–Crippen MR) is 70.5 cm³/mol. The fourth-order valence-electron chi connectivity index (χ4n) is 1.97. The highest BCUT2D eigenvalue weighted by atomic mass is 19.4. The van der Waals surface area contributed by atoms with E-state index in [-0.39, 0.29) is 6.04 Å². The molecule has 0 aromatic carbocycles. The Kier molecular flexibility index (Phi) is 4.80. The molecule has 2 rings (SSSR count). The zero-order chi connectivity index (χ0) is 14.6. The molecule has 0 saturated heterocycles. The molecule has 7 heteroatoms. The third-order valence-corrected chi connectivity index (χ3v) is 3.07. The molecule has 112 valence electrons. The van der Waals surface area contributed by atoms with Gasteiger partial charge in [-0.15, -0.1) is 5.10 Å². The molecule has 0 radical (unpaired) electrons. The van der Waals surface area contributed by atoms with Crippen LogP contribution in [0.1, 0.15) is 31.9 Å². The van der Waals surface area contributed by atoms with E-state index in [9.17, 15) is 13.2 Å². The molecule has 0 bridgehead atoms. The molecule has 0 spiro atoms. The van der Waals surface area contributed by atoms with E-state index < -0.39 is 12.7 Å². The van der Waals surface area contributed by atoms with E-state index in [0.717, 1.165) is 31.5 Å². The highest BCUT2D eigenvalue weighted by Crippen LogP contribution is 2.33. The summed E-state index contributed by atoms with van der Waals surface area (Å²) in [5.41, 5.74) is 0.741. The van der Waals surface area contributed by atoms with Crippen molar-refractivity contribution in [2.45, 2.75) is 44.9 Å². The minimum absolute atomic E-state index is 0.0463. The van der Waals surface area contributed by atoms with Crippen LogP contribution in [0.5, 0.6) is 0 Å². The van der Waals surface area contributed by atoms with Crippen molar-refractivity contribution in [3.8, 4) is 0 Å². The monoisotopic (exact) mass is 288 g/mol. The number of aromatic nitrogens is 2. The molecular formula is C13H19F3N4. The van der Waals surface area contributed by atoms with Crippen molar-refractivity contribution in [3.05, 3.63) is 17.8 Å². The molecule has 4 nitrogen and oxygen atoms in total. The second-order valence-corrected chi connectivity index (χ2v) is 5.03. The first-order valence-electron chi connectivity index (χ1n) is 6.86. The van der Waals surface area contributed by atoms with Crippen LogP contribution in [-0.2, 0) is 6.54 Å². The lowest BCUT2D eigenvalue weighted by Crippen LogP contribution is -2.36. The number of alkyl halides is 3. The van der Waals surface area contributed by atoms with E-state index in [2.05, 4.69) is 22.4 Å². The second-order valence-electron chi connectivity index (χ2n) is 5.03. The number of rotatable bonds is 7. The lowest BCUT2D eigenvalue weighted by Gasteiger charge is -2.24. The number of hydrogen-bond donors (Lipinski definition) is 1. The topological polar surface area (TPSA) is 41.0 Å². The van der Waals surface area contributed by atoms with E-state index >= 15 is 0 Å². The second kappa shape index (κ2) is 6.39. The van der Waals surface area contributed by atoms with Gasteiger partial charge in [0.2, 0.25) is 0 Å². The summed E-state index contributed by atoms with van der Waals surface area (Å²) >= 11 is 0. The van der Waals surface area contributed by atoms with Crippen LogP contribution in [0.3, 0.4) is 0 Å². The zero-order valence-corrected chi connectivity index (χ0v) is 11.5. The number of hydrogen-bond acceptors (Lipinski definition) is 4. The summed E-state index contributed by atoms with van der Waals surface area (Å²) in [6.07, 6.45) is -1.62. The van der Waals surface area contributed by atoms with Crippen LogP contribution in [0.25, 0.3) is 0 Å². The third-order valence-electron chi connectivity index (χ3n) is 3.07. The number of nitrogens with zero attached hydrogens (tertiary/aromatic N) is 3. The normalized spacial score (nSPS) is 15.4. The molecule has 1 aliphatic carbocycles. The van der Waals surface area contributed by atoms with Crippen molar-refractivity contribution in [2.75, 3.05) is 18.0 Å². The molecule has 0 unspecified atom stereocenters. The lowest BCUT2D eigenvalue weighted by atomic mass is 10.3. The molecule has 0 amide bonds. The summed E-state index contributed by atoms with van der Waals surface area (Å²) in [4.78, 5) is 1.30. The Morgan fingerprint density at radius 1 is 1.30 bits per heavy atom. The molecule has 1 fully saturated rings. The highest BCUT2D eigenvalue weighted by Gasteiger charge is 2.38. The van der Waals surface area contributed by atoms with Gasteiger partial charge in [-0.25, -0.2) is 0 Å². The molecule has 0 aliphatic heterocycles.